The maximum Gasteiger partial charge on any atom is 1.00 e. The van der Waals surface area contributed by atoms with Gasteiger partial charge >= 0.3 is 58.8 Å². The van der Waals surface area contributed by atoms with E-state index in [2.05, 4.69) is 22.9 Å². The van der Waals surface area contributed by atoms with Crippen molar-refractivity contribution >= 4 is 29.3 Å². The molecule has 0 atom stereocenters. The van der Waals surface area contributed by atoms with Crippen molar-refractivity contribution in [2.24, 2.45) is 0 Å². The Hall–Kier alpha value is 0.780. The van der Waals surface area contributed by atoms with Gasteiger partial charge in [-0.1, -0.05) is 0 Å². The van der Waals surface area contributed by atoms with Crippen LogP contribution >= 0.6 is 0 Å². The molecule has 2 rings (SSSR count). The van der Waals surface area contributed by atoms with Crippen molar-refractivity contribution in [3.8, 4) is 0 Å². The van der Waals surface area contributed by atoms with Crippen LogP contribution in [0, 0.1) is 0 Å². The van der Waals surface area contributed by atoms with Gasteiger partial charge in [0.05, 0.1) is 0 Å². The third-order valence-corrected chi connectivity index (χ3v) is 1.13. The third-order valence-electron chi connectivity index (χ3n) is 1.13. The van der Waals surface area contributed by atoms with Crippen molar-refractivity contribution in [3.05, 3.63) is 0 Å². The Bertz CT molecular complexity index is 130. The minimum absolute atomic E-state index is 0. The first kappa shape index (κ1) is 30.7. The van der Waals surface area contributed by atoms with Crippen LogP contribution in [0.2, 0.25) is 0 Å². The van der Waals surface area contributed by atoms with E-state index in [1.807, 2.05) is 0 Å². The van der Waals surface area contributed by atoms with Gasteiger partial charge in [0.1, 0.15) is 0 Å². The molecule has 0 saturated carbocycles. The van der Waals surface area contributed by atoms with E-state index in [1.165, 1.54) is 0 Å². The molecule has 0 aliphatic carbocycles. The Morgan fingerprint density at radius 1 is 0.588 bits per heavy atom. The first-order valence-corrected chi connectivity index (χ1v) is 2.87. The van der Waals surface area contributed by atoms with Gasteiger partial charge in [-0.15, -0.1) is 0 Å². The Morgan fingerprint density at radius 2 is 0.824 bits per heavy atom. The summed E-state index contributed by atoms with van der Waals surface area (Å²) in [4.78, 5) is 0. The quantitative estimate of drug-likeness (QED) is 0.402. The molecule has 0 unspecified atom stereocenters. The van der Waals surface area contributed by atoms with Crippen LogP contribution in [0.15, 0.2) is 0 Å². The third kappa shape index (κ3) is 8.49. The van der Waals surface area contributed by atoms with Crippen molar-refractivity contribution in [2.75, 3.05) is 0 Å². The normalized spacial score (nSPS) is 15.9. The molecular weight excluding hydrogens is 258 g/mol. The largest absolute Gasteiger partial charge is 1.00 e. The SMILES string of the molecule is O.O.O.O.O.OB1OB2OB(O)OB(O1)O2.[H-].[Na+]. The van der Waals surface area contributed by atoms with E-state index in [1.54, 1.807) is 0 Å². The summed E-state index contributed by atoms with van der Waals surface area (Å²) in [5.41, 5.74) is 0. The van der Waals surface area contributed by atoms with Gasteiger partial charge in [0.25, 0.3) is 0 Å². The maximum atomic E-state index is 8.74. The molecule has 2 aliphatic rings. The standard InChI is InChI=1S/B4H2O7.Na.5H2O.H/c5-1-7-3-9-2(6)10-4(8-1)11-3;;;;;;;/h5-6H;;5*1H2;/q;+1;;;;;;-1. The van der Waals surface area contributed by atoms with Gasteiger partial charge in [0, 0.05) is 0 Å². The fourth-order valence-corrected chi connectivity index (χ4v) is 0.728. The summed E-state index contributed by atoms with van der Waals surface area (Å²) >= 11 is 0. The van der Waals surface area contributed by atoms with Crippen LogP contribution in [0.25, 0.3) is 0 Å². The fraction of sp³-hybridized carbons (Fsp3) is 0. The molecule has 2 saturated heterocycles. The number of rotatable bonds is 0. The molecule has 0 spiro atoms. The molecule has 0 aromatic rings. The van der Waals surface area contributed by atoms with Gasteiger partial charge < -0.3 is 61.7 Å². The first-order valence-electron chi connectivity index (χ1n) is 2.87. The molecule has 12 N–H and O–H groups in total. The minimum Gasteiger partial charge on any atom is -1.00 e. The van der Waals surface area contributed by atoms with Crippen LogP contribution in [-0.2, 0) is 22.9 Å². The van der Waals surface area contributed by atoms with Gasteiger partial charge in [-0.05, 0) is 0 Å². The van der Waals surface area contributed by atoms with Crippen molar-refractivity contribution in [3.63, 3.8) is 0 Å². The smallest absolute Gasteiger partial charge is 1.00 e. The van der Waals surface area contributed by atoms with E-state index < -0.39 is 29.3 Å². The zero-order valence-corrected chi connectivity index (χ0v) is 10.7. The van der Waals surface area contributed by atoms with Crippen molar-refractivity contribution in [1.29, 1.82) is 0 Å². The Morgan fingerprint density at radius 3 is 1.06 bits per heavy atom. The van der Waals surface area contributed by atoms with Gasteiger partial charge in [0.15, 0.2) is 0 Å². The van der Waals surface area contributed by atoms with Crippen LogP contribution in [0.5, 0.6) is 0 Å². The molecule has 0 radical (unpaired) electrons. The molecule has 2 fully saturated rings. The molecular formula is H13B4NaO12. The van der Waals surface area contributed by atoms with E-state index in [4.69, 9.17) is 10.0 Å². The Labute approximate surface area is 121 Å². The van der Waals surface area contributed by atoms with E-state index in [-0.39, 0.29) is 58.4 Å². The molecule has 17 heteroatoms. The van der Waals surface area contributed by atoms with Crippen LogP contribution in [0.1, 0.15) is 1.43 Å². The van der Waals surface area contributed by atoms with E-state index in [0.29, 0.717) is 0 Å². The summed E-state index contributed by atoms with van der Waals surface area (Å²) in [5, 5.41) is 17.5. The first-order chi connectivity index (χ1) is 5.24. The van der Waals surface area contributed by atoms with Crippen LogP contribution in [-0.4, -0.2) is 66.7 Å². The molecule has 0 aromatic heterocycles. The van der Waals surface area contributed by atoms with Crippen molar-refractivity contribution < 1.29 is 91.3 Å². The summed E-state index contributed by atoms with van der Waals surface area (Å²) in [6.45, 7) is 0. The molecule has 2 bridgehead atoms. The summed E-state index contributed by atoms with van der Waals surface area (Å²) < 4.78 is 22.6. The second kappa shape index (κ2) is 13.2. The molecule has 2 aliphatic heterocycles. The second-order valence-corrected chi connectivity index (χ2v) is 1.87. The van der Waals surface area contributed by atoms with E-state index in [9.17, 15) is 0 Å². The number of hydrogen-bond acceptors (Lipinski definition) is 7. The number of hydrogen-bond donors (Lipinski definition) is 2. The molecule has 2 heterocycles. The zero-order chi connectivity index (χ0) is 7.84. The van der Waals surface area contributed by atoms with Crippen LogP contribution in [0.4, 0.5) is 0 Å². The molecule has 98 valence electrons. The van der Waals surface area contributed by atoms with Gasteiger partial charge in [-0.3, -0.25) is 0 Å². The number of fused-ring (bicyclic) bond motifs is 2. The van der Waals surface area contributed by atoms with Gasteiger partial charge in [0.2, 0.25) is 0 Å². The van der Waals surface area contributed by atoms with Crippen LogP contribution < -0.4 is 29.6 Å². The van der Waals surface area contributed by atoms with E-state index in [0.717, 1.165) is 0 Å². The second-order valence-electron chi connectivity index (χ2n) is 1.87. The van der Waals surface area contributed by atoms with Crippen molar-refractivity contribution in [2.45, 2.75) is 0 Å². The summed E-state index contributed by atoms with van der Waals surface area (Å²) in [7, 11) is -5.20. The molecule has 17 heavy (non-hydrogen) atoms. The average molecular weight is 271 g/mol. The summed E-state index contributed by atoms with van der Waals surface area (Å²) in [6.07, 6.45) is 0. The Kier molecular flexibility index (Phi) is 23.8. The van der Waals surface area contributed by atoms with Crippen molar-refractivity contribution in [1.82, 2.24) is 0 Å². The minimum atomic E-state index is -1.45. The summed E-state index contributed by atoms with van der Waals surface area (Å²) in [5.74, 6) is 0. The summed E-state index contributed by atoms with van der Waals surface area (Å²) in [6, 6.07) is 0. The molecule has 0 aromatic carbocycles. The molecule has 0 amide bonds. The topological polar surface area (TPSA) is 244 Å². The monoisotopic (exact) mass is 272 g/mol. The average Bonchev–Trinajstić information content (AvgIpc) is 1.82. The predicted molar refractivity (Wildman–Crippen MR) is 52.1 cm³/mol. The predicted octanol–water partition coefficient (Wildman–Crippen LogP) is -9.99. The maximum absolute atomic E-state index is 8.74. The van der Waals surface area contributed by atoms with Gasteiger partial charge in [-0.2, -0.15) is 0 Å². The van der Waals surface area contributed by atoms with Crippen LogP contribution in [0.3, 0.4) is 0 Å². The Balaban J connectivity index is -0.0000000514. The van der Waals surface area contributed by atoms with E-state index >= 15 is 0 Å². The fourth-order valence-electron chi connectivity index (χ4n) is 0.728. The van der Waals surface area contributed by atoms with Gasteiger partial charge in [-0.25, -0.2) is 0 Å². The zero-order valence-electron chi connectivity index (χ0n) is 9.75. The molecule has 12 nitrogen and oxygen atoms in total.